The first-order chi connectivity index (χ1) is 10.5. The fraction of sp³-hybridized carbons (Fsp3) is 0.235. The Morgan fingerprint density at radius 3 is 2.73 bits per heavy atom. The lowest BCUT2D eigenvalue weighted by atomic mass is 10.0. The Bertz CT molecular complexity index is 866. The first-order valence-corrected chi connectivity index (χ1v) is 8.59. The van der Waals surface area contributed by atoms with E-state index in [0.29, 0.717) is 6.54 Å². The maximum atomic E-state index is 13.0. The summed E-state index contributed by atoms with van der Waals surface area (Å²) in [5, 5.41) is 9.18. The minimum atomic E-state index is -3.72. The first-order valence-electron chi connectivity index (χ1n) is 7.15. The van der Waals surface area contributed by atoms with Gasteiger partial charge < -0.3 is 0 Å². The summed E-state index contributed by atoms with van der Waals surface area (Å²) in [6.07, 6.45) is 1.66. The van der Waals surface area contributed by atoms with Gasteiger partial charge in [0, 0.05) is 6.54 Å². The van der Waals surface area contributed by atoms with Crippen LogP contribution < -0.4 is 4.31 Å². The zero-order valence-electron chi connectivity index (χ0n) is 12.3. The normalized spacial score (nSPS) is 14.3. The molecule has 2 aromatic carbocycles. The fourth-order valence-electron chi connectivity index (χ4n) is 2.84. The lowest BCUT2D eigenvalue weighted by molar-refractivity contribution is 0.586. The van der Waals surface area contributed by atoms with Crippen LogP contribution in [0.5, 0.6) is 0 Å². The second-order valence-electron chi connectivity index (χ2n) is 5.42. The molecule has 112 valence electrons. The van der Waals surface area contributed by atoms with Crippen LogP contribution >= 0.6 is 0 Å². The summed E-state index contributed by atoms with van der Waals surface area (Å²) >= 11 is 0. The highest BCUT2D eigenvalue weighted by Gasteiger charge is 2.30. The van der Waals surface area contributed by atoms with E-state index in [-0.39, 0.29) is 10.5 Å². The third-order valence-electron chi connectivity index (χ3n) is 3.89. The van der Waals surface area contributed by atoms with Crippen molar-refractivity contribution in [1.82, 2.24) is 0 Å². The van der Waals surface area contributed by atoms with Gasteiger partial charge in [-0.1, -0.05) is 29.8 Å². The molecule has 0 spiro atoms. The number of benzene rings is 2. The molecule has 2 aromatic rings. The Morgan fingerprint density at radius 2 is 1.95 bits per heavy atom. The van der Waals surface area contributed by atoms with Crippen molar-refractivity contribution in [2.45, 2.75) is 24.7 Å². The molecule has 0 aliphatic carbocycles. The van der Waals surface area contributed by atoms with Crippen molar-refractivity contribution in [2.24, 2.45) is 0 Å². The highest BCUT2D eigenvalue weighted by atomic mass is 32.2. The molecule has 0 bridgehead atoms. The van der Waals surface area contributed by atoms with E-state index < -0.39 is 10.0 Å². The molecule has 0 amide bonds. The average Bonchev–Trinajstić information content (AvgIpc) is 2.53. The van der Waals surface area contributed by atoms with Crippen LogP contribution in [-0.4, -0.2) is 15.0 Å². The van der Waals surface area contributed by atoms with E-state index in [4.69, 9.17) is 0 Å². The monoisotopic (exact) mass is 312 g/mol. The number of nitrogens with zero attached hydrogens (tertiary/aromatic N) is 2. The lowest BCUT2D eigenvalue weighted by Gasteiger charge is -2.31. The summed E-state index contributed by atoms with van der Waals surface area (Å²) in [7, 11) is -3.72. The molecule has 1 aliphatic heterocycles. The molecular formula is C17H16N2O2S. The maximum absolute atomic E-state index is 13.0. The van der Waals surface area contributed by atoms with E-state index in [9.17, 15) is 13.7 Å². The predicted molar refractivity (Wildman–Crippen MR) is 85.2 cm³/mol. The van der Waals surface area contributed by atoms with E-state index in [0.717, 1.165) is 29.7 Å². The van der Waals surface area contributed by atoms with Gasteiger partial charge in [0.1, 0.15) is 11.0 Å². The summed E-state index contributed by atoms with van der Waals surface area (Å²) in [5.41, 5.74) is 3.08. The Balaban J connectivity index is 2.14. The molecule has 0 fully saturated rings. The predicted octanol–water partition coefficient (Wildman–Crippen LogP) is 3.01. The quantitative estimate of drug-likeness (QED) is 0.856. The SMILES string of the molecule is Cc1ccc2c(c1)CCCN2S(=O)(=O)c1ccccc1C#N. The molecular weight excluding hydrogens is 296 g/mol. The molecule has 0 aromatic heterocycles. The standard InChI is InChI=1S/C17H16N2O2S/c1-13-8-9-16-14(11-13)6-4-10-19(16)22(20,21)17-7-3-2-5-15(17)12-18/h2-3,5,7-9,11H,4,6,10H2,1H3. The van der Waals surface area contributed by atoms with Crippen LogP contribution in [0.2, 0.25) is 0 Å². The summed E-state index contributed by atoms with van der Waals surface area (Å²) in [6, 6.07) is 14.1. The van der Waals surface area contributed by atoms with E-state index in [1.54, 1.807) is 12.1 Å². The zero-order valence-corrected chi connectivity index (χ0v) is 13.1. The molecule has 1 aliphatic rings. The lowest BCUT2D eigenvalue weighted by Crippen LogP contribution is -2.35. The van der Waals surface area contributed by atoms with E-state index in [1.807, 2.05) is 31.2 Å². The van der Waals surface area contributed by atoms with Gasteiger partial charge in [-0.05, 0) is 43.5 Å². The number of rotatable bonds is 2. The molecule has 5 heteroatoms. The molecule has 0 unspecified atom stereocenters. The third kappa shape index (κ3) is 2.36. The van der Waals surface area contributed by atoms with Gasteiger partial charge in [-0.25, -0.2) is 8.42 Å². The van der Waals surface area contributed by atoms with Gasteiger partial charge in [-0.2, -0.15) is 5.26 Å². The van der Waals surface area contributed by atoms with Crippen molar-refractivity contribution in [3.63, 3.8) is 0 Å². The first kappa shape index (κ1) is 14.6. The van der Waals surface area contributed by atoms with Crippen molar-refractivity contribution >= 4 is 15.7 Å². The van der Waals surface area contributed by atoms with E-state index in [1.165, 1.54) is 16.4 Å². The van der Waals surface area contributed by atoms with Crippen molar-refractivity contribution in [2.75, 3.05) is 10.8 Å². The smallest absolute Gasteiger partial charge is 0.265 e. The van der Waals surface area contributed by atoms with Crippen LogP contribution in [0.15, 0.2) is 47.4 Å². The van der Waals surface area contributed by atoms with Crippen molar-refractivity contribution < 1.29 is 8.42 Å². The van der Waals surface area contributed by atoms with Gasteiger partial charge in [0.15, 0.2) is 0 Å². The van der Waals surface area contributed by atoms with Gasteiger partial charge in [0.25, 0.3) is 10.0 Å². The number of anilines is 1. The molecule has 1 heterocycles. The Labute approximate surface area is 130 Å². The molecule has 22 heavy (non-hydrogen) atoms. The van der Waals surface area contributed by atoms with Crippen LogP contribution in [0, 0.1) is 18.3 Å². The molecule has 3 rings (SSSR count). The van der Waals surface area contributed by atoms with Crippen molar-refractivity contribution in [3.05, 3.63) is 59.2 Å². The third-order valence-corrected chi connectivity index (χ3v) is 5.76. The number of hydrogen-bond acceptors (Lipinski definition) is 3. The summed E-state index contributed by atoms with van der Waals surface area (Å²) in [5.74, 6) is 0. The topological polar surface area (TPSA) is 61.2 Å². The number of aryl methyl sites for hydroxylation is 2. The maximum Gasteiger partial charge on any atom is 0.265 e. The van der Waals surface area contributed by atoms with Crippen molar-refractivity contribution in [1.29, 1.82) is 5.26 Å². The average molecular weight is 312 g/mol. The second kappa shape index (κ2) is 5.47. The highest BCUT2D eigenvalue weighted by molar-refractivity contribution is 7.92. The van der Waals surface area contributed by atoms with Gasteiger partial charge in [0.2, 0.25) is 0 Å². The van der Waals surface area contributed by atoms with Crippen LogP contribution in [0.3, 0.4) is 0 Å². The summed E-state index contributed by atoms with van der Waals surface area (Å²) in [6.45, 7) is 2.44. The highest BCUT2D eigenvalue weighted by Crippen LogP contribution is 2.33. The summed E-state index contributed by atoms with van der Waals surface area (Å²) in [4.78, 5) is 0.0749. The van der Waals surface area contributed by atoms with Gasteiger partial charge in [-0.3, -0.25) is 4.31 Å². The Kier molecular flexibility index (Phi) is 3.63. The molecule has 4 nitrogen and oxygen atoms in total. The van der Waals surface area contributed by atoms with Gasteiger partial charge in [-0.15, -0.1) is 0 Å². The Hall–Kier alpha value is -2.32. The minimum Gasteiger partial charge on any atom is -0.266 e. The summed E-state index contributed by atoms with van der Waals surface area (Å²) < 4.78 is 27.4. The molecule has 0 saturated carbocycles. The molecule has 0 atom stereocenters. The molecule has 0 radical (unpaired) electrons. The minimum absolute atomic E-state index is 0.0749. The molecule has 0 saturated heterocycles. The zero-order chi connectivity index (χ0) is 15.7. The van der Waals surface area contributed by atoms with Gasteiger partial charge >= 0.3 is 0 Å². The fourth-order valence-corrected chi connectivity index (χ4v) is 4.53. The van der Waals surface area contributed by atoms with Crippen LogP contribution in [-0.2, 0) is 16.4 Å². The largest absolute Gasteiger partial charge is 0.266 e. The Morgan fingerprint density at radius 1 is 1.18 bits per heavy atom. The van der Waals surface area contributed by atoms with E-state index >= 15 is 0 Å². The van der Waals surface area contributed by atoms with Crippen molar-refractivity contribution in [3.8, 4) is 6.07 Å². The van der Waals surface area contributed by atoms with Crippen LogP contribution in [0.4, 0.5) is 5.69 Å². The van der Waals surface area contributed by atoms with E-state index in [2.05, 4.69) is 0 Å². The molecule has 0 N–H and O–H groups in total. The second-order valence-corrected chi connectivity index (χ2v) is 7.25. The number of sulfonamides is 1. The number of hydrogen-bond donors (Lipinski definition) is 0. The number of nitriles is 1. The number of fused-ring (bicyclic) bond motifs is 1. The van der Waals surface area contributed by atoms with Crippen LogP contribution in [0.25, 0.3) is 0 Å². The van der Waals surface area contributed by atoms with Gasteiger partial charge in [0.05, 0.1) is 11.3 Å². The van der Waals surface area contributed by atoms with Crippen LogP contribution in [0.1, 0.15) is 23.1 Å².